The van der Waals surface area contributed by atoms with Crippen molar-refractivity contribution in [1.82, 2.24) is 10.3 Å². The van der Waals surface area contributed by atoms with Gasteiger partial charge in [0.1, 0.15) is 5.01 Å². The maximum absolute atomic E-state index is 12.0. The van der Waals surface area contributed by atoms with Gasteiger partial charge in [0.15, 0.2) is 0 Å². The molecule has 1 aromatic heterocycles. The Morgan fingerprint density at radius 2 is 1.91 bits per heavy atom. The molecule has 23 heavy (non-hydrogen) atoms. The minimum atomic E-state index is -0.607. The van der Waals surface area contributed by atoms with Crippen LogP contribution in [0, 0.1) is 12.8 Å². The van der Waals surface area contributed by atoms with E-state index in [0.29, 0.717) is 0 Å². The Morgan fingerprint density at radius 1 is 1.26 bits per heavy atom. The van der Waals surface area contributed by atoms with Crippen LogP contribution in [0.1, 0.15) is 43.8 Å². The number of nitrogens with one attached hydrogen (secondary N) is 1. The van der Waals surface area contributed by atoms with Gasteiger partial charge in [-0.3, -0.25) is 4.79 Å². The molecule has 2 rings (SSSR count). The Morgan fingerprint density at radius 3 is 2.52 bits per heavy atom. The van der Waals surface area contributed by atoms with E-state index in [9.17, 15) is 9.90 Å². The summed E-state index contributed by atoms with van der Waals surface area (Å²) in [4.78, 5) is 17.7. The summed E-state index contributed by atoms with van der Waals surface area (Å²) in [5.41, 5.74) is 2.02. The van der Waals surface area contributed by atoms with Gasteiger partial charge in [-0.2, -0.15) is 0 Å². The molecule has 2 unspecified atom stereocenters. The molecule has 0 aliphatic carbocycles. The molecule has 2 N–H and O–H groups in total. The highest BCUT2D eigenvalue weighted by Gasteiger charge is 2.19. The Bertz CT molecular complexity index is 652. The number of aliphatic hydroxyl groups is 1. The number of aliphatic hydroxyl groups excluding tert-OH is 1. The Balaban J connectivity index is 2.07. The molecule has 0 radical (unpaired) electrons. The zero-order chi connectivity index (χ0) is 17.0. The third-order valence-corrected chi connectivity index (χ3v) is 5.18. The van der Waals surface area contributed by atoms with E-state index in [0.717, 1.165) is 21.1 Å². The number of aromatic nitrogens is 1. The van der Waals surface area contributed by atoms with Crippen LogP contribution >= 0.6 is 11.3 Å². The molecule has 0 fully saturated rings. The van der Waals surface area contributed by atoms with E-state index in [1.165, 1.54) is 0 Å². The van der Waals surface area contributed by atoms with E-state index in [2.05, 4.69) is 10.3 Å². The third-order valence-electron chi connectivity index (χ3n) is 3.79. The highest BCUT2D eigenvalue weighted by Crippen LogP contribution is 2.31. The molecule has 2 atom stereocenters. The van der Waals surface area contributed by atoms with Gasteiger partial charge in [-0.1, -0.05) is 44.2 Å². The van der Waals surface area contributed by atoms with E-state index in [-0.39, 0.29) is 24.3 Å². The molecule has 0 spiro atoms. The zero-order valence-electron chi connectivity index (χ0n) is 14.0. The number of amides is 1. The topological polar surface area (TPSA) is 62.2 Å². The Labute approximate surface area is 141 Å². The van der Waals surface area contributed by atoms with Crippen LogP contribution in [0.2, 0.25) is 0 Å². The van der Waals surface area contributed by atoms with Gasteiger partial charge in [0.25, 0.3) is 0 Å². The molecule has 4 nitrogen and oxygen atoms in total. The van der Waals surface area contributed by atoms with Gasteiger partial charge in [-0.15, -0.1) is 11.3 Å². The summed E-state index contributed by atoms with van der Waals surface area (Å²) in [6, 6.07) is 9.91. The van der Waals surface area contributed by atoms with E-state index in [1.807, 2.05) is 58.0 Å². The molecule has 5 heteroatoms. The average Bonchev–Trinajstić information content (AvgIpc) is 2.90. The molecule has 1 amide bonds. The lowest BCUT2D eigenvalue weighted by molar-refractivity contribution is -0.124. The highest BCUT2D eigenvalue weighted by molar-refractivity contribution is 7.15. The first-order valence-electron chi connectivity index (χ1n) is 7.88. The van der Waals surface area contributed by atoms with Crippen molar-refractivity contribution < 1.29 is 9.90 Å². The lowest BCUT2D eigenvalue weighted by Crippen LogP contribution is -2.31. The van der Waals surface area contributed by atoms with Crippen molar-refractivity contribution in [2.75, 3.05) is 0 Å². The fraction of sp³-hybridized carbons (Fsp3) is 0.444. The first-order chi connectivity index (χ1) is 10.9. The summed E-state index contributed by atoms with van der Waals surface area (Å²) in [6.07, 6.45) is -0.476. The number of carbonyl (C=O) groups excluding carboxylic acids is 1. The van der Waals surface area contributed by atoms with Crippen molar-refractivity contribution in [2.24, 2.45) is 5.92 Å². The number of rotatable bonds is 6. The summed E-state index contributed by atoms with van der Waals surface area (Å²) < 4.78 is 0. The van der Waals surface area contributed by atoms with Crippen LogP contribution in [-0.2, 0) is 4.79 Å². The lowest BCUT2D eigenvalue weighted by Gasteiger charge is -2.17. The predicted octanol–water partition coefficient (Wildman–Crippen LogP) is 3.70. The predicted molar refractivity (Wildman–Crippen MR) is 94.3 cm³/mol. The molecule has 1 aromatic carbocycles. The van der Waals surface area contributed by atoms with Gasteiger partial charge >= 0.3 is 0 Å². The van der Waals surface area contributed by atoms with Crippen molar-refractivity contribution in [3.05, 3.63) is 40.9 Å². The standard InChI is InChI=1S/C18H24N2O2S/c1-11(2)15(21)10-16(22)19-12(3)17-13(4)20-18(23-17)14-8-6-5-7-9-14/h5-9,11-12,15,21H,10H2,1-4H3,(H,19,22). The SMILES string of the molecule is Cc1nc(-c2ccccc2)sc1C(C)NC(=O)CC(O)C(C)C. The van der Waals surface area contributed by atoms with Crippen molar-refractivity contribution in [1.29, 1.82) is 0 Å². The zero-order valence-corrected chi connectivity index (χ0v) is 14.9. The number of hydrogen-bond acceptors (Lipinski definition) is 4. The smallest absolute Gasteiger partial charge is 0.223 e. The van der Waals surface area contributed by atoms with Gasteiger partial charge in [-0.25, -0.2) is 4.98 Å². The van der Waals surface area contributed by atoms with Crippen molar-refractivity contribution in [3.63, 3.8) is 0 Å². The molecule has 0 saturated heterocycles. The van der Waals surface area contributed by atoms with Gasteiger partial charge in [0.2, 0.25) is 5.91 Å². The van der Waals surface area contributed by atoms with E-state index in [1.54, 1.807) is 11.3 Å². The Kier molecular flexibility index (Phi) is 5.91. The third kappa shape index (κ3) is 4.62. The fourth-order valence-corrected chi connectivity index (χ4v) is 3.38. The second-order valence-electron chi connectivity index (χ2n) is 6.14. The summed E-state index contributed by atoms with van der Waals surface area (Å²) in [7, 11) is 0. The second kappa shape index (κ2) is 7.70. The Hall–Kier alpha value is -1.72. The molecule has 0 aliphatic heterocycles. The molecular weight excluding hydrogens is 308 g/mol. The van der Waals surface area contributed by atoms with Crippen LogP contribution in [0.5, 0.6) is 0 Å². The van der Waals surface area contributed by atoms with Crippen LogP contribution in [0.25, 0.3) is 10.6 Å². The van der Waals surface area contributed by atoms with Crippen molar-refractivity contribution in [3.8, 4) is 10.6 Å². The highest BCUT2D eigenvalue weighted by atomic mass is 32.1. The molecular formula is C18H24N2O2S. The van der Waals surface area contributed by atoms with E-state index in [4.69, 9.17) is 0 Å². The lowest BCUT2D eigenvalue weighted by atomic mass is 10.0. The maximum atomic E-state index is 12.0. The molecule has 124 valence electrons. The molecule has 2 aromatic rings. The summed E-state index contributed by atoms with van der Waals surface area (Å²) >= 11 is 1.60. The molecule has 0 bridgehead atoms. The molecule has 0 aliphatic rings. The van der Waals surface area contributed by atoms with E-state index < -0.39 is 6.10 Å². The van der Waals surface area contributed by atoms with Crippen LogP contribution in [0.3, 0.4) is 0 Å². The maximum Gasteiger partial charge on any atom is 0.223 e. The first kappa shape index (κ1) is 17.6. The fourth-order valence-electron chi connectivity index (χ4n) is 2.31. The van der Waals surface area contributed by atoms with Gasteiger partial charge in [0, 0.05) is 5.56 Å². The quantitative estimate of drug-likeness (QED) is 0.848. The van der Waals surface area contributed by atoms with E-state index >= 15 is 0 Å². The number of carbonyl (C=O) groups is 1. The first-order valence-corrected chi connectivity index (χ1v) is 8.70. The number of aryl methyl sites for hydroxylation is 1. The summed E-state index contributed by atoms with van der Waals surface area (Å²) in [5, 5.41) is 13.7. The van der Waals surface area contributed by atoms with Gasteiger partial charge in [0.05, 0.1) is 29.1 Å². The van der Waals surface area contributed by atoms with Crippen LogP contribution in [-0.4, -0.2) is 22.1 Å². The number of hydrogen-bond donors (Lipinski definition) is 2. The largest absolute Gasteiger partial charge is 0.392 e. The van der Waals surface area contributed by atoms with Gasteiger partial charge < -0.3 is 10.4 Å². The molecule has 0 saturated carbocycles. The number of nitrogens with zero attached hydrogens (tertiary/aromatic N) is 1. The number of benzene rings is 1. The normalized spacial score (nSPS) is 13.8. The summed E-state index contributed by atoms with van der Waals surface area (Å²) in [5.74, 6) is -0.0568. The molecule has 1 heterocycles. The average molecular weight is 332 g/mol. The van der Waals surface area contributed by atoms with Crippen LogP contribution in [0.15, 0.2) is 30.3 Å². The summed E-state index contributed by atoms with van der Waals surface area (Å²) in [6.45, 7) is 7.72. The van der Waals surface area contributed by atoms with Crippen molar-refractivity contribution in [2.45, 2.75) is 46.3 Å². The number of thiazole rings is 1. The van der Waals surface area contributed by atoms with Crippen LogP contribution < -0.4 is 5.32 Å². The monoisotopic (exact) mass is 332 g/mol. The van der Waals surface area contributed by atoms with Gasteiger partial charge in [-0.05, 0) is 19.8 Å². The minimum Gasteiger partial charge on any atom is -0.392 e. The minimum absolute atomic E-state index is 0.0749. The van der Waals surface area contributed by atoms with Crippen LogP contribution in [0.4, 0.5) is 0 Å². The van der Waals surface area contributed by atoms with Crippen molar-refractivity contribution >= 4 is 17.2 Å². The second-order valence-corrected chi connectivity index (χ2v) is 7.17.